The zero-order chi connectivity index (χ0) is 16.1. The highest BCUT2D eigenvalue weighted by Crippen LogP contribution is 2.38. The second-order valence-corrected chi connectivity index (χ2v) is 5.42. The fourth-order valence-corrected chi connectivity index (χ4v) is 2.58. The fraction of sp³-hybridized carbons (Fsp3) is 0.562. The molecule has 2 N–H and O–H groups in total. The van der Waals surface area contributed by atoms with Gasteiger partial charge in [-0.25, -0.2) is 0 Å². The van der Waals surface area contributed by atoms with Crippen LogP contribution in [-0.2, 0) is 4.79 Å². The van der Waals surface area contributed by atoms with Gasteiger partial charge >= 0.3 is 0 Å². The van der Waals surface area contributed by atoms with Gasteiger partial charge in [-0.2, -0.15) is 0 Å². The number of nitrogens with two attached hydrogens (primary N) is 1. The highest BCUT2D eigenvalue weighted by Gasteiger charge is 2.26. The molecule has 1 heterocycles. The summed E-state index contributed by atoms with van der Waals surface area (Å²) in [6.07, 6.45) is 1.56. The third-order valence-electron chi connectivity index (χ3n) is 3.81. The first-order chi connectivity index (χ1) is 10.6. The number of halogens is 1. The molecule has 0 aliphatic carbocycles. The second-order valence-electron chi connectivity index (χ2n) is 5.42. The first-order valence-corrected chi connectivity index (χ1v) is 7.48. The molecule has 1 atom stereocenters. The summed E-state index contributed by atoms with van der Waals surface area (Å²) in [5.74, 6) is 1.90. The van der Waals surface area contributed by atoms with Crippen molar-refractivity contribution in [3.63, 3.8) is 0 Å². The summed E-state index contributed by atoms with van der Waals surface area (Å²) in [4.78, 5) is 13.7. The predicted octanol–water partition coefficient (Wildman–Crippen LogP) is 1.84. The Hall–Kier alpha value is -1.66. The highest BCUT2D eigenvalue weighted by molar-refractivity contribution is 5.85. The third kappa shape index (κ3) is 4.65. The molecule has 23 heavy (non-hydrogen) atoms. The van der Waals surface area contributed by atoms with E-state index in [1.165, 1.54) is 0 Å². The molecule has 0 spiro atoms. The monoisotopic (exact) mass is 344 g/mol. The molecular weight excluding hydrogens is 320 g/mol. The van der Waals surface area contributed by atoms with E-state index in [-0.39, 0.29) is 24.4 Å². The Labute approximate surface area is 143 Å². The molecule has 1 aliphatic rings. The summed E-state index contributed by atoms with van der Waals surface area (Å²) in [7, 11) is 3.21. The number of piperidine rings is 1. The zero-order valence-electron chi connectivity index (χ0n) is 13.8. The maximum Gasteiger partial charge on any atom is 0.239 e. The van der Waals surface area contributed by atoms with Gasteiger partial charge in [0.15, 0.2) is 11.5 Å². The predicted molar refractivity (Wildman–Crippen MR) is 90.7 cm³/mol. The number of hydrogen-bond acceptors (Lipinski definition) is 5. The summed E-state index contributed by atoms with van der Waals surface area (Å²) in [5, 5.41) is 0. The third-order valence-corrected chi connectivity index (χ3v) is 3.81. The van der Waals surface area contributed by atoms with Crippen LogP contribution in [0.4, 0.5) is 0 Å². The van der Waals surface area contributed by atoms with Crippen molar-refractivity contribution in [2.24, 2.45) is 5.73 Å². The molecule has 1 aliphatic heterocycles. The second kappa shape index (κ2) is 8.84. The van der Waals surface area contributed by atoms with E-state index in [1.54, 1.807) is 26.0 Å². The van der Waals surface area contributed by atoms with Crippen LogP contribution >= 0.6 is 12.4 Å². The van der Waals surface area contributed by atoms with Crippen LogP contribution < -0.4 is 19.9 Å². The largest absolute Gasteiger partial charge is 0.493 e. The van der Waals surface area contributed by atoms with Crippen LogP contribution in [0, 0.1) is 0 Å². The van der Waals surface area contributed by atoms with Crippen molar-refractivity contribution >= 4 is 18.3 Å². The normalized spacial score (nSPS) is 16.3. The number of benzene rings is 1. The molecule has 0 saturated carbocycles. The SMILES string of the molecule is COc1cccc(OC)c1OC1CCN(C(=O)[C@@H](C)N)CC1.Cl. The average molecular weight is 345 g/mol. The lowest BCUT2D eigenvalue weighted by molar-refractivity contribution is -0.134. The fourth-order valence-electron chi connectivity index (χ4n) is 2.58. The van der Waals surface area contributed by atoms with E-state index >= 15 is 0 Å². The summed E-state index contributed by atoms with van der Waals surface area (Å²) in [6, 6.07) is 5.08. The molecule has 7 heteroatoms. The molecule has 2 rings (SSSR count). The van der Waals surface area contributed by atoms with Gasteiger partial charge in [0, 0.05) is 25.9 Å². The van der Waals surface area contributed by atoms with Crippen LogP contribution in [0.25, 0.3) is 0 Å². The van der Waals surface area contributed by atoms with Crippen molar-refractivity contribution in [3.05, 3.63) is 18.2 Å². The summed E-state index contributed by atoms with van der Waals surface area (Å²) >= 11 is 0. The van der Waals surface area contributed by atoms with E-state index in [2.05, 4.69) is 0 Å². The number of ether oxygens (including phenoxy) is 3. The van der Waals surface area contributed by atoms with Crippen LogP contribution in [-0.4, -0.2) is 50.3 Å². The lowest BCUT2D eigenvalue weighted by atomic mass is 10.1. The van der Waals surface area contributed by atoms with E-state index in [1.807, 2.05) is 18.2 Å². The van der Waals surface area contributed by atoms with Gasteiger partial charge in [0.25, 0.3) is 0 Å². The van der Waals surface area contributed by atoms with Gasteiger partial charge in [-0.3, -0.25) is 4.79 Å². The Morgan fingerprint density at radius 1 is 1.22 bits per heavy atom. The topological polar surface area (TPSA) is 74.0 Å². The number of likely N-dealkylation sites (tertiary alicyclic amines) is 1. The van der Waals surface area contributed by atoms with Gasteiger partial charge in [-0.1, -0.05) is 6.07 Å². The number of amides is 1. The van der Waals surface area contributed by atoms with Crippen molar-refractivity contribution in [2.75, 3.05) is 27.3 Å². The quantitative estimate of drug-likeness (QED) is 0.882. The van der Waals surface area contributed by atoms with Crippen LogP contribution in [0.1, 0.15) is 19.8 Å². The molecule has 1 fully saturated rings. The maximum atomic E-state index is 11.9. The van der Waals surface area contributed by atoms with E-state index in [9.17, 15) is 4.79 Å². The molecule has 0 aromatic heterocycles. The molecule has 0 radical (unpaired) electrons. The molecule has 0 unspecified atom stereocenters. The first-order valence-electron chi connectivity index (χ1n) is 7.48. The minimum atomic E-state index is -0.452. The Bertz CT molecular complexity index is 495. The Balaban J connectivity index is 0.00000264. The first kappa shape index (κ1) is 19.4. The van der Waals surface area contributed by atoms with E-state index in [0.29, 0.717) is 30.3 Å². The summed E-state index contributed by atoms with van der Waals surface area (Å²) in [6.45, 7) is 3.02. The summed E-state index contributed by atoms with van der Waals surface area (Å²) < 4.78 is 16.7. The van der Waals surface area contributed by atoms with Gasteiger partial charge < -0.3 is 24.8 Å². The zero-order valence-corrected chi connectivity index (χ0v) is 14.6. The molecule has 130 valence electrons. The highest BCUT2D eigenvalue weighted by atomic mass is 35.5. The van der Waals surface area contributed by atoms with E-state index in [0.717, 1.165) is 12.8 Å². The molecule has 1 aromatic rings. The van der Waals surface area contributed by atoms with Gasteiger partial charge in [-0.05, 0) is 19.1 Å². The van der Waals surface area contributed by atoms with Crippen LogP contribution in [0.5, 0.6) is 17.2 Å². The van der Waals surface area contributed by atoms with Crippen molar-refractivity contribution in [2.45, 2.75) is 31.9 Å². The molecule has 1 aromatic carbocycles. The van der Waals surface area contributed by atoms with Gasteiger partial charge in [0.05, 0.1) is 20.3 Å². The van der Waals surface area contributed by atoms with E-state index < -0.39 is 6.04 Å². The lowest BCUT2D eigenvalue weighted by Crippen LogP contribution is -2.47. The standard InChI is InChI=1S/C16H24N2O4.ClH/c1-11(17)16(19)18-9-7-12(8-10-18)22-15-13(20-2)5-4-6-14(15)21-3;/h4-6,11-12H,7-10,17H2,1-3H3;1H/t11-;/m1./s1. The van der Waals surface area contributed by atoms with Crippen LogP contribution in [0.3, 0.4) is 0 Å². The minimum absolute atomic E-state index is 0. The van der Waals surface area contributed by atoms with Gasteiger partial charge in [0.2, 0.25) is 11.7 Å². The molecule has 1 saturated heterocycles. The number of carbonyl (C=O) groups is 1. The molecular formula is C16H25ClN2O4. The van der Waals surface area contributed by atoms with Crippen molar-refractivity contribution < 1.29 is 19.0 Å². The number of rotatable bonds is 5. The van der Waals surface area contributed by atoms with Gasteiger partial charge in [-0.15, -0.1) is 12.4 Å². The number of para-hydroxylation sites is 1. The minimum Gasteiger partial charge on any atom is -0.493 e. The molecule has 6 nitrogen and oxygen atoms in total. The maximum absolute atomic E-state index is 11.9. The van der Waals surface area contributed by atoms with Crippen LogP contribution in [0.15, 0.2) is 18.2 Å². The van der Waals surface area contributed by atoms with Crippen molar-refractivity contribution in [1.82, 2.24) is 4.90 Å². The Kier molecular flexibility index (Phi) is 7.45. The number of hydrogen-bond donors (Lipinski definition) is 1. The Morgan fingerprint density at radius 3 is 2.17 bits per heavy atom. The van der Waals surface area contributed by atoms with Crippen molar-refractivity contribution in [3.8, 4) is 17.2 Å². The lowest BCUT2D eigenvalue weighted by Gasteiger charge is -2.33. The number of carbonyl (C=O) groups excluding carboxylic acids is 1. The smallest absolute Gasteiger partial charge is 0.239 e. The average Bonchev–Trinajstić information content (AvgIpc) is 2.55. The van der Waals surface area contributed by atoms with Gasteiger partial charge in [0.1, 0.15) is 6.10 Å². The van der Waals surface area contributed by atoms with E-state index in [4.69, 9.17) is 19.9 Å². The van der Waals surface area contributed by atoms with Crippen molar-refractivity contribution in [1.29, 1.82) is 0 Å². The number of nitrogens with zero attached hydrogens (tertiary/aromatic N) is 1. The molecule has 0 bridgehead atoms. The number of methoxy groups -OCH3 is 2. The Morgan fingerprint density at radius 2 is 1.74 bits per heavy atom. The van der Waals surface area contributed by atoms with Crippen LogP contribution in [0.2, 0.25) is 0 Å². The summed E-state index contributed by atoms with van der Waals surface area (Å²) in [5.41, 5.74) is 5.65. The molecule has 1 amide bonds.